The molecule has 0 bridgehead atoms. The monoisotopic (exact) mass is 1080 g/mol. The predicted octanol–water partition coefficient (Wildman–Crippen LogP) is 5.00. The second-order valence-corrected chi connectivity index (χ2v) is 15.7. The van der Waals surface area contributed by atoms with Crippen LogP contribution in [0.5, 0.6) is 5.75 Å². The molecule has 0 atom stereocenters. The van der Waals surface area contributed by atoms with E-state index in [1.165, 1.54) is 0 Å². The third kappa shape index (κ3) is 30.0. The normalized spacial score (nSPS) is 11.9. The summed E-state index contributed by atoms with van der Waals surface area (Å²) in [6, 6.07) is 9.77. The molecule has 19 nitrogen and oxygen atoms in total. The van der Waals surface area contributed by atoms with Gasteiger partial charge in [0.2, 0.25) is 23.3 Å². The highest BCUT2D eigenvalue weighted by Crippen LogP contribution is 2.31. The first-order valence-corrected chi connectivity index (χ1v) is 24.6. The number of nitrogens with one attached hydrogen (secondary N) is 1. The molecule has 24 heteroatoms. The molecule has 6 N–H and O–H groups in total. The lowest BCUT2D eigenvalue weighted by Crippen LogP contribution is -2.27. The van der Waals surface area contributed by atoms with Crippen LogP contribution in [0.15, 0.2) is 58.1 Å². The van der Waals surface area contributed by atoms with Gasteiger partial charge in [-0.2, -0.15) is 8.78 Å². The summed E-state index contributed by atoms with van der Waals surface area (Å²) in [5, 5.41) is 10.4. The maximum atomic E-state index is 13.5. The molecular weight excluding hydrogens is 1000 g/mol. The number of amides is 1. The maximum absolute atomic E-state index is 13.5. The molecule has 2 aromatic carbocycles. The number of aliphatic hydroxyl groups excluding tert-OH is 1. The lowest BCUT2D eigenvalue weighted by Gasteiger charge is -2.09. The minimum Gasteiger partial charge on any atom is -0.420 e. The summed E-state index contributed by atoms with van der Waals surface area (Å²) in [4.78, 5) is 33.7. The Morgan fingerprint density at radius 3 is 1.54 bits per heavy atom. The van der Waals surface area contributed by atoms with Crippen molar-refractivity contribution in [3.05, 3.63) is 77.1 Å². The van der Waals surface area contributed by atoms with Gasteiger partial charge in [0, 0.05) is 54.4 Å². The number of benzene rings is 2. The number of ether oxygens (including phenoxy) is 11. The average Bonchev–Trinajstić information content (AvgIpc) is 3.56. The van der Waals surface area contributed by atoms with E-state index in [-0.39, 0.29) is 38.4 Å². The predicted molar refractivity (Wildman–Crippen MR) is 271 cm³/mol. The summed E-state index contributed by atoms with van der Waals surface area (Å²) in [7, 11) is 0. The quantitative estimate of drug-likeness (QED) is 0.0127. The number of carbonyl (C=O) groups excluding carboxylic acids is 2. The van der Waals surface area contributed by atoms with Crippen LogP contribution >= 0.6 is 12.6 Å². The van der Waals surface area contributed by atoms with Crippen molar-refractivity contribution >= 4 is 42.1 Å². The number of rotatable bonds is 37. The van der Waals surface area contributed by atoms with E-state index in [9.17, 15) is 27.2 Å². The van der Waals surface area contributed by atoms with E-state index in [0.29, 0.717) is 155 Å². The van der Waals surface area contributed by atoms with Crippen LogP contribution < -0.4 is 21.5 Å². The highest BCUT2D eigenvalue weighted by molar-refractivity contribution is 7.80. The van der Waals surface area contributed by atoms with Crippen LogP contribution in [0, 0.1) is 23.3 Å². The van der Waals surface area contributed by atoms with Crippen LogP contribution in [-0.2, 0) is 57.0 Å². The second kappa shape index (κ2) is 42.5. The number of carbonyl (C=O) groups is 2. The van der Waals surface area contributed by atoms with E-state index < -0.39 is 41.4 Å². The van der Waals surface area contributed by atoms with Crippen LogP contribution in [0.1, 0.15) is 38.8 Å². The molecular formula is C50H73F4N5O14S. The van der Waals surface area contributed by atoms with Crippen LogP contribution in [0.4, 0.5) is 23.2 Å². The number of halogens is 4. The van der Waals surface area contributed by atoms with E-state index in [2.05, 4.69) is 32.7 Å². The zero-order valence-corrected chi connectivity index (χ0v) is 43.2. The Morgan fingerprint density at radius 2 is 1.11 bits per heavy atom. The van der Waals surface area contributed by atoms with Crippen LogP contribution in [0.25, 0.3) is 17.2 Å². The number of nitrogens with two attached hydrogens (primary N) is 2. The summed E-state index contributed by atoms with van der Waals surface area (Å²) in [6.45, 7) is 12.9. The number of hydrogen-bond donors (Lipinski definition) is 5. The zero-order valence-electron chi connectivity index (χ0n) is 42.3. The van der Waals surface area contributed by atoms with Crippen molar-refractivity contribution in [2.45, 2.75) is 38.0 Å². The van der Waals surface area contributed by atoms with Crippen LogP contribution in [0.3, 0.4) is 0 Å². The third-order valence-electron chi connectivity index (χ3n) is 9.20. The molecule has 2 heterocycles. The molecule has 0 spiro atoms. The third-order valence-corrected chi connectivity index (χ3v) is 9.48. The lowest BCUT2D eigenvalue weighted by atomic mass is 10.1. The van der Waals surface area contributed by atoms with Crippen molar-refractivity contribution in [3.63, 3.8) is 0 Å². The number of thiol groups is 1. The Hall–Kier alpha value is -4.67. The molecule has 416 valence electrons. The Bertz CT molecular complexity index is 2050. The standard InChI is InChI=1S/C29H47F4NO12.C19H20N4OS.C2H6O/c30-24-23-25(31)28(33)29(27(24)32)46-26(35)1-3-36-5-7-38-9-11-40-13-15-42-17-19-44-21-22-45-20-18-43-16-14-41-12-10-39-8-6-37-4-2-34;1-2-6-21-19(24)13-8-16-17(23-18(20)10-13)9-14(11-22-16)12-4-3-5-15(25)7-12;1-2-3/h23H,1-22,34H2;3-5,7-9,11,25H,2,6,10H2,1H3,(H2,20,23)(H,21,24);3H,2H2,1H3. The number of fused-ring (bicyclic) bond motifs is 1. The number of amidine groups is 1. The van der Waals surface area contributed by atoms with Crippen molar-refractivity contribution in [2.75, 3.05) is 152 Å². The topological polar surface area (TPSA) is 245 Å². The van der Waals surface area contributed by atoms with Gasteiger partial charge < -0.3 is 74.0 Å². The molecule has 1 aliphatic heterocycles. The SMILES string of the molecule is CCCNC(=O)C1=Cc2ncc(-c3cccc(S)c3)cc2N=C(N)C1.CCO.NCCOCCOCCOCCOCCOCCOCCOCCOCCOCCOCCC(=O)Oc1c(F)c(F)cc(F)c1F. The van der Waals surface area contributed by atoms with Crippen molar-refractivity contribution in [1.82, 2.24) is 10.3 Å². The largest absolute Gasteiger partial charge is 0.420 e. The molecule has 0 fully saturated rings. The number of esters is 1. The van der Waals surface area contributed by atoms with Crippen LogP contribution in [0.2, 0.25) is 0 Å². The first-order chi connectivity index (χ1) is 35.9. The van der Waals surface area contributed by atoms with Gasteiger partial charge in [0.1, 0.15) is 5.84 Å². The van der Waals surface area contributed by atoms with Gasteiger partial charge in [-0.05, 0) is 43.2 Å². The van der Waals surface area contributed by atoms with Crippen molar-refractivity contribution < 1.29 is 84.4 Å². The van der Waals surface area contributed by atoms with Gasteiger partial charge in [0.15, 0.2) is 11.6 Å². The Kier molecular flexibility index (Phi) is 37.6. The summed E-state index contributed by atoms with van der Waals surface area (Å²) in [6.07, 6.45) is 4.34. The van der Waals surface area contributed by atoms with Crippen molar-refractivity contribution in [1.29, 1.82) is 0 Å². The first-order valence-electron chi connectivity index (χ1n) is 24.2. The molecule has 74 heavy (non-hydrogen) atoms. The number of nitrogens with zero attached hydrogens (tertiary/aromatic N) is 2. The number of aliphatic hydroxyl groups is 1. The summed E-state index contributed by atoms with van der Waals surface area (Å²) < 4.78 is 111. The van der Waals surface area contributed by atoms with Gasteiger partial charge in [-0.1, -0.05) is 19.1 Å². The molecule has 4 rings (SSSR count). The Labute approximate surface area is 435 Å². The highest BCUT2D eigenvalue weighted by atomic mass is 32.1. The molecule has 0 radical (unpaired) electrons. The number of aliphatic imine (C=N–C) groups is 1. The molecule has 0 aliphatic carbocycles. The smallest absolute Gasteiger partial charge is 0.313 e. The minimum absolute atomic E-state index is 0.0179. The van der Waals surface area contributed by atoms with E-state index in [1.807, 2.05) is 37.3 Å². The fraction of sp³-hybridized carbons (Fsp3) is 0.560. The van der Waals surface area contributed by atoms with Crippen molar-refractivity contribution in [2.24, 2.45) is 16.5 Å². The summed E-state index contributed by atoms with van der Waals surface area (Å²) in [5.74, 6) is -9.20. The van der Waals surface area contributed by atoms with Gasteiger partial charge in [-0.25, -0.2) is 13.8 Å². The molecule has 1 aliphatic rings. The molecule has 0 saturated carbocycles. The fourth-order valence-electron chi connectivity index (χ4n) is 5.74. The van der Waals surface area contributed by atoms with E-state index in [4.69, 9.17) is 63.9 Å². The number of pyridine rings is 1. The Morgan fingerprint density at radius 1 is 0.662 bits per heavy atom. The van der Waals surface area contributed by atoms with Crippen molar-refractivity contribution in [3.8, 4) is 16.9 Å². The fourth-order valence-corrected chi connectivity index (χ4v) is 5.96. The van der Waals surface area contributed by atoms with Crippen LogP contribution in [-0.4, -0.2) is 180 Å². The van der Waals surface area contributed by atoms with Gasteiger partial charge in [0.25, 0.3) is 0 Å². The van der Waals surface area contributed by atoms with E-state index in [0.717, 1.165) is 22.4 Å². The molecule has 0 saturated heterocycles. The number of hydrogen-bond acceptors (Lipinski definition) is 19. The first kappa shape index (κ1) is 65.4. The zero-order chi connectivity index (χ0) is 54.0. The lowest BCUT2D eigenvalue weighted by molar-refractivity contribution is -0.136. The number of aromatic nitrogens is 1. The molecule has 1 aromatic heterocycles. The highest BCUT2D eigenvalue weighted by Gasteiger charge is 2.23. The average molecular weight is 1080 g/mol. The summed E-state index contributed by atoms with van der Waals surface area (Å²) >= 11 is 4.37. The maximum Gasteiger partial charge on any atom is 0.313 e. The van der Waals surface area contributed by atoms with Gasteiger partial charge in [0.05, 0.1) is 150 Å². The van der Waals surface area contributed by atoms with Gasteiger partial charge in [-0.3, -0.25) is 14.6 Å². The molecule has 0 unspecified atom stereocenters. The minimum atomic E-state index is -1.79. The molecule has 3 aromatic rings. The van der Waals surface area contributed by atoms with Gasteiger partial charge >= 0.3 is 5.97 Å². The summed E-state index contributed by atoms with van der Waals surface area (Å²) in [5.41, 5.74) is 15.1. The molecule has 1 amide bonds. The van der Waals surface area contributed by atoms with E-state index >= 15 is 0 Å². The Balaban J connectivity index is 0.000000556. The van der Waals surface area contributed by atoms with Gasteiger partial charge in [-0.15, -0.1) is 12.6 Å². The second-order valence-electron chi connectivity index (χ2n) is 15.1. The van der Waals surface area contributed by atoms with E-state index in [1.54, 1.807) is 19.2 Å².